The predicted octanol–water partition coefficient (Wildman–Crippen LogP) is 1.80. The van der Waals surface area contributed by atoms with Crippen LogP contribution in [0.5, 0.6) is 0 Å². The zero-order valence-corrected chi connectivity index (χ0v) is 9.09. The largest absolute Gasteiger partial charge is 0.478 e. The van der Waals surface area contributed by atoms with Gasteiger partial charge in [0.2, 0.25) is 0 Å². The number of carboxylic acid groups (broad SMARTS) is 1. The molecule has 3 nitrogen and oxygen atoms in total. The maximum Gasteiger partial charge on any atom is 0.335 e. The number of aromatic carboxylic acids is 1. The lowest BCUT2D eigenvalue weighted by molar-refractivity contribution is 0.0697. The van der Waals surface area contributed by atoms with Gasteiger partial charge in [0.25, 0.3) is 0 Å². The van der Waals surface area contributed by atoms with Gasteiger partial charge >= 0.3 is 5.97 Å². The highest BCUT2D eigenvalue weighted by atomic mass is 35.5. The fourth-order valence-electron chi connectivity index (χ4n) is 1.73. The van der Waals surface area contributed by atoms with E-state index in [9.17, 15) is 4.79 Å². The Kier molecular flexibility index (Phi) is 3.37. The van der Waals surface area contributed by atoms with Crippen LogP contribution in [0.2, 0.25) is 0 Å². The summed E-state index contributed by atoms with van der Waals surface area (Å²) in [6, 6.07) is 7.05. The Morgan fingerprint density at radius 2 is 1.87 bits per heavy atom. The molecule has 0 spiro atoms. The van der Waals surface area contributed by atoms with Gasteiger partial charge in [-0.25, -0.2) is 4.79 Å². The zero-order valence-electron chi connectivity index (χ0n) is 8.27. The quantitative estimate of drug-likeness (QED) is 0.828. The molecule has 0 saturated heterocycles. The number of carbonyl (C=O) groups is 1. The van der Waals surface area contributed by atoms with E-state index in [0.717, 1.165) is 12.8 Å². The molecule has 0 aliphatic heterocycles. The average molecular weight is 228 g/mol. The highest BCUT2D eigenvalue weighted by Gasteiger charge is 2.42. The lowest BCUT2D eigenvalue weighted by atomic mass is 9.95. The van der Waals surface area contributed by atoms with Crippen molar-refractivity contribution in [2.24, 2.45) is 5.73 Å². The highest BCUT2D eigenvalue weighted by Crippen LogP contribution is 2.47. The molecule has 1 saturated carbocycles. The Hall–Kier alpha value is -1.06. The van der Waals surface area contributed by atoms with Crippen molar-refractivity contribution >= 4 is 18.4 Å². The molecular weight excluding hydrogens is 214 g/mol. The molecule has 82 valence electrons. The van der Waals surface area contributed by atoms with E-state index >= 15 is 0 Å². The number of carboxylic acids is 1. The summed E-state index contributed by atoms with van der Waals surface area (Å²) in [5.41, 5.74) is 7.34. The SMILES string of the molecule is Cl.NCC1(c2ccc(C(=O)O)cc2)CC1. The van der Waals surface area contributed by atoms with Crippen LogP contribution in [0.1, 0.15) is 28.8 Å². The van der Waals surface area contributed by atoms with Crippen LogP contribution in [0.3, 0.4) is 0 Å². The molecule has 1 aromatic carbocycles. The maximum absolute atomic E-state index is 10.6. The smallest absolute Gasteiger partial charge is 0.335 e. The first-order chi connectivity index (χ1) is 6.68. The molecule has 1 aliphatic carbocycles. The second-order valence-electron chi connectivity index (χ2n) is 3.87. The molecule has 3 N–H and O–H groups in total. The Morgan fingerprint density at radius 3 is 2.20 bits per heavy atom. The molecule has 0 radical (unpaired) electrons. The van der Waals surface area contributed by atoms with E-state index in [1.807, 2.05) is 12.1 Å². The summed E-state index contributed by atoms with van der Waals surface area (Å²) in [6.07, 6.45) is 2.24. The Bertz CT molecular complexity index is 357. The van der Waals surface area contributed by atoms with Gasteiger partial charge in [-0.15, -0.1) is 12.4 Å². The molecule has 1 fully saturated rings. The molecule has 2 rings (SSSR count). The minimum atomic E-state index is -0.880. The zero-order chi connectivity index (χ0) is 10.2. The van der Waals surface area contributed by atoms with Crippen LogP contribution in [0.25, 0.3) is 0 Å². The van der Waals surface area contributed by atoms with Gasteiger partial charge in [-0.05, 0) is 30.5 Å². The van der Waals surface area contributed by atoms with Crippen molar-refractivity contribution in [2.45, 2.75) is 18.3 Å². The molecule has 4 heteroatoms. The van der Waals surface area contributed by atoms with Crippen LogP contribution in [0, 0.1) is 0 Å². The Balaban J connectivity index is 0.00000112. The maximum atomic E-state index is 10.6. The van der Waals surface area contributed by atoms with Crippen molar-refractivity contribution in [3.63, 3.8) is 0 Å². The fourth-order valence-corrected chi connectivity index (χ4v) is 1.73. The number of hydrogen-bond donors (Lipinski definition) is 2. The Labute approximate surface area is 94.7 Å². The third-order valence-corrected chi connectivity index (χ3v) is 2.99. The molecule has 0 amide bonds. The van der Waals surface area contributed by atoms with Gasteiger partial charge < -0.3 is 10.8 Å². The molecule has 1 aliphatic rings. The van der Waals surface area contributed by atoms with Crippen molar-refractivity contribution in [1.82, 2.24) is 0 Å². The van der Waals surface area contributed by atoms with Crippen LogP contribution >= 0.6 is 12.4 Å². The van der Waals surface area contributed by atoms with E-state index in [1.54, 1.807) is 12.1 Å². The van der Waals surface area contributed by atoms with Gasteiger partial charge in [-0.1, -0.05) is 12.1 Å². The number of hydrogen-bond acceptors (Lipinski definition) is 2. The Morgan fingerprint density at radius 1 is 1.33 bits per heavy atom. The van der Waals surface area contributed by atoms with E-state index in [2.05, 4.69) is 0 Å². The summed E-state index contributed by atoms with van der Waals surface area (Å²) in [5.74, 6) is -0.880. The van der Waals surface area contributed by atoms with Crippen LogP contribution in [0.15, 0.2) is 24.3 Å². The van der Waals surface area contributed by atoms with E-state index in [-0.39, 0.29) is 17.8 Å². The molecule has 0 unspecified atom stereocenters. The third kappa shape index (κ3) is 2.13. The summed E-state index contributed by atoms with van der Waals surface area (Å²) in [6.45, 7) is 0.652. The number of halogens is 1. The summed E-state index contributed by atoms with van der Waals surface area (Å²) in [5, 5.41) is 8.73. The second kappa shape index (κ2) is 4.21. The first-order valence-corrected chi connectivity index (χ1v) is 4.72. The van der Waals surface area contributed by atoms with Gasteiger partial charge in [-0.3, -0.25) is 0 Å². The van der Waals surface area contributed by atoms with Crippen LogP contribution < -0.4 is 5.73 Å². The highest BCUT2D eigenvalue weighted by molar-refractivity contribution is 5.87. The predicted molar refractivity (Wildman–Crippen MR) is 60.6 cm³/mol. The van der Waals surface area contributed by atoms with Crippen LogP contribution in [-0.4, -0.2) is 17.6 Å². The summed E-state index contributed by atoms with van der Waals surface area (Å²) in [4.78, 5) is 10.6. The standard InChI is InChI=1S/C11H13NO2.ClH/c12-7-11(5-6-11)9-3-1-8(2-4-9)10(13)14;/h1-4H,5-7,12H2,(H,13,14);1H. The van der Waals surface area contributed by atoms with E-state index < -0.39 is 5.97 Å². The second-order valence-corrected chi connectivity index (χ2v) is 3.87. The van der Waals surface area contributed by atoms with Gasteiger partial charge in [-0.2, -0.15) is 0 Å². The number of nitrogens with two attached hydrogens (primary N) is 1. The fraction of sp³-hybridized carbons (Fsp3) is 0.364. The minimum Gasteiger partial charge on any atom is -0.478 e. The van der Waals surface area contributed by atoms with Crippen molar-refractivity contribution in [3.05, 3.63) is 35.4 Å². The first-order valence-electron chi connectivity index (χ1n) is 4.72. The van der Waals surface area contributed by atoms with Crippen molar-refractivity contribution in [3.8, 4) is 0 Å². The lowest BCUT2D eigenvalue weighted by Crippen LogP contribution is -2.19. The molecule has 0 aromatic heterocycles. The van der Waals surface area contributed by atoms with E-state index in [1.165, 1.54) is 5.56 Å². The molecular formula is C11H14ClNO2. The number of rotatable bonds is 3. The topological polar surface area (TPSA) is 63.3 Å². The van der Waals surface area contributed by atoms with Crippen molar-refractivity contribution in [2.75, 3.05) is 6.54 Å². The summed E-state index contributed by atoms with van der Waals surface area (Å²) < 4.78 is 0. The van der Waals surface area contributed by atoms with Gasteiger partial charge in [0, 0.05) is 12.0 Å². The van der Waals surface area contributed by atoms with Gasteiger partial charge in [0.1, 0.15) is 0 Å². The van der Waals surface area contributed by atoms with Crippen molar-refractivity contribution < 1.29 is 9.90 Å². The van der Waals surface area contributed by atoms with Gasteiger partial charge in [0.15, 0.2) is 0 Å². The van der Waals surface area contributed by atoms with Crippen molar-refractivity contribution in [1.29, 1.82) is 0 Å². The minimum absolute atomic E-state index is 0. The van der Waals surface area contributed by atoms with Crippen LogP contribution in [0.4, 0.5) is 0 Å². The molecule has 15 heavy (non-hydrogen) atoms. The average Bonchev–Trinajstić information content (AvgIpc) is 2.99. The van der Waals surface area contributed by atoms with Crippen LogP contribution in [-0.2, 0) is 5.41 Å². The normalized spacial score (nSPS) is 16.6. The first kappa shape index (κ1) is 12.0. The molecule has 0 bridgehead atoms. The molecule has 1 aromatic rings. The monoisotopic (exact) mass is 227 g/mol. The van der Waals surface area contributed by atoms with Gasteiger partial charge in [0.05, 0.1) is 5.56 Å². The third-order valence-electron chi connectivity index (χ3n) is 2.99. The van der Waals surface area contributed by atoms with E-state index in [4.69, 9.17) is 10.8 Å². The summed E-state index contributed by atoms with van der Waals surface area (Å²) >= 11 is 0. The van der Waals surface area contributed by atoms with E-state index in [0.29, 0.717) is 12.1 Å². The lowest BCUT2D eigenvalue weighted by Gasteiger charge is -2.12. The molecule has 0 heterocycles. The summed E-state index contributed by atoms with van der Waals surface area (Å²) in [7, 11) is 0. The molecule has 0 atom stereocenters. The number of benzene rings is 1.